The molecule has 3 rings (SSSR count). The fourth-order valence-corrected chi connectivity index (χ4v) is 3.24. The van der Waals surface area contributed by atoms with Crippen LogP contribution in [-0.4, -0.2) is 30.2 Å². The van der Waals surface area contributed by atoms with Crippen LogP contribution in [0.4, 0.5) is 0 Å². The van der Waals surface area contributed by atoms with Crippen LogP contribution in [0, 0.1) is 0 Å². The van der Waals surface area contributed by atoms with E-state index in [-0.39, 0.29) is 12.3 Å². The molecule has 1 saturated carbocycles. The Hall–Kier alpha value is -1.88. The van der Waals surface area contributed by atoms with Crippen molar-refractivity contribution in [3.8, 4) is 0 Å². The Morgan fingerprint density at radius 2 is 1.91 bits per heavy atom. The number of nitrogens with zero attached hydrogens (tertiary/aromatic N) is 1. The van der Waals surface area contributed by atoms with Crippen molar-refractivity contribution >= 4 is 16.9 Å². The summed E-state index contributed by atoms with van der Waals surface area (Å²) in [6.07, 6.45) is 8.16. The van der Waals surface area contributed by atoms with Gasteiger partial charge in [0.25, 0.3) is 0 Å². The van der Waals surface area contributed by atoms with Gasteiger partial charge in [-0.3, -0.25) is 4.79 Å². The second-order valence-electron chi connectivity index (χ2n) is 6.29. The number of benzene rings is 1. The Morgan fingerprint density at radius 3 is 2.74 bits per heavy atom. The third-order valence-corrected chi connectivity index (χ3v) is 4.52. The highest BCUT2D eigenvalue weighted by molar-refractivity contribution is 5.86. The molecule has 0 spiro atoms. The summed E-state index contributed by atoms with van der Waals surface area (Å²) < 4.78 is 5.22. The monoisotopic (exact) mass is 315 g/mol. The minimum absolute atomic E-state index is 0.00767. The van der Waals surface area contributed by atoms with Crippen molar-refractivity contribution in [2.24, 2.45) is 0 Å². The zero-order valence-electron chi connectivity index (χ0n) is 13.5. The van der Waals surface area contributed by atoms with Gasteiger partial charge in [-0.05, 0) is 25.0 Å². The van der Waals surface area contributed by atoms with Crippen LogP contribution in [0.2, 0.25) is 0 Å². The summed E-state index contributed by atoms with van der Waals surface area (Å²) in [6.45, 7) is 1.49. The first-order valence-corrected chi connectivity index (χ1v) is 8.66. The van der Waals surface area contributed by atoms with E-state index in [2.05, 4.69) is 15.8 Å². The van der Waals surface area contributed by atoms with E-state index in [0.717, 1.165) is 17.5 Å². The lowest BCUT2D eigenvalue weighted by atomic mass is 10.1. The molecule has 124 valence electrons. The molecule has 1 aliphatic rings. The van der Waals surface area contributed by atoms with Crippen LogP contribution in [0.3, 0.4) is 0 Å². The van der Waals surface area contributed by atoms with E-state index >= 15 is 0 Å². The van der Waals surface area contributed by atoms with E-state index in [1.165, 1.54) is 38.5 Å². The largest absolute Gasteiger partial charge is 0.356 e. The molecular weight excluding hydrogens is 290 g/mol. The molecule has 0 atom stereocenters. The molecule has 5 nitrogen and oxygen atoms in total. The minimum atomic E-state index is -0.00767. The summed E-state index contributed by atoms with van der Waals surface area (Å²) >= 11 is 0. The van der Waals surface area contributed by atoms with E-state index in [1.807, 2.05) is 24.3 Å². The predicted molar refractivity (Wildman–Crippen MR) is 90.2 cm³/mol. The molecule has 0 aliphatic heterocycles. The average Bonchev–Trinajstić information content (AvgIpc) is 2.79. The molecule has 1 aromatic heterocycles. The first-order chi connectivity index (χ1) is 11.3. The highest BCUT2D eigenvalue weighted by Crippen LogP contribution is 2.18. The molecule has 1 fully saturated rings. The molecule has 1 amide bonds. The third kappa shape index (κ3) is 4.55. The second-order valence-corrected chi connectivity index (χ2v) is 6.29. The topological polar surface area (TPSA) is 67.2 Å². The van der Waals surface area contributed by atoms with E-state index in [4.69, 9.17) is 4.52 Å². The number of hydrogen-bond acceptors (Lipinski definition) is 4. The zero-order chi connectivity index (χ0) is 15.9. The van der Waals surface area contributed by atoms with Gasteiger partial charge in [-0.2, -0.15) is 0 Å². The molecule has 1 aromatic carbocycles. The molecule has 0 bridgehead atoms. The van der Waals surface area contributed by atoms with Crippen LogP contribution in [-0.2, 0) is 11.2 Å². The Kier molecular flexibility index (Phi) is 5.64. The number of para-hydroxylation sites is 1. The number of nitrogens with one attached hydrogen (secondary N) is 2. The highest BCUT2D eigenvalue weighted by atomic mass is 16.5. The van der Waals surface area contributed by atoms with Gasteiger partial charge in [-0.1, -0.05) is 43.0 Å². The number of carbonyl (C=O) groups is 1. The highest BCUT2D eigenvalue weighted by Gasteiger charge is 2.13. The van der Waals surface area contributed by atoms with Crippen LogP contribution in [0.1, 0.15) is 44.2 Å². The van der Waals surface area contributed by atoms with Gasteiger partial charge in [0.15, 0.2) is 5.58 Å². The first kappa shape index (κ1) is 16.0. The molecule has 0 radical (unpaired) electrons. The van der Waals surface area contributed by atoms with Crippen molar-refractivity contribution in [3.05, 3.63) is 30.0 Å². The third-order valence-electron chi connectivity index (χ3n) is 4.52. The number of carbonyl (C=O) groups excluding carboxylic acids is 1. The predicted octanol–water partition coefficient (Wildman–Crippen LogP) is 2.80. The fourth-order valence-electron chi connectivity index (χ4n) is 3.24. The average molecular weight is 315 g/mol. The number of amides is 1. The SMILES string of the molecule is O=C(Cc1noc2ccccc12)NCCNC1CCCCCC1. The molecule has 0 unspecified atom stereocenters. The van der Waals surface area contributed by atoms with Crippen molar-refractivity contribution in [1.82, 2.24) is 15.8 Å². The smallest absolute Gasteiger partial charge is 0.226 e. The van der Waals surface area contributed by atoms with Crippen LogP contribution >= 0.6 is 0 Å². The number of fused-ring (bicyclic) bond motifs is 1. The Balaban J connectivity index is 1.39. The van der Waals surface area contributed by atoms with Gasteiger partial charge in [-0.15, -0.1) is 0 Å². The minimum Gasteiger partial charge on any atom is -0.356 e. The van der Waals surface area contributed by atoms with Gasteiger partial charge < -0.3 is 15.2 Å². The van der Waals surface area contributed by atoms with Gasteiger partial charge >= 0.3 is 0 Å². The number of hydrogen-bond donors (Lipinski definition) is 2. The summed E-state index contributed by atoms with van der Waals surface area (Å²) in [5.41, 5.74) is 1.43. The van der Waals surface area contributed by atoms with Crippen LogP contribution in [0.5, 0.6) is 0 Å². The maximum absolute atomic E-state index is 12.0. The summed E-state index contributed by atoms with van der Waals surface area (Å²) in [4.78, 5) is 12.0. The Labute approximate surface area is 136 Å². The lowest BCUT2D eigenvalue weighted by Gasteiger charge is -2.16. The number of rotatable bonds is 6. The van der Waals surface area contributed by atoms with E-state index in [1.54, 1.807) is 0 Å². The van der Waals surface area contributed by atoms with Crippen molar-refractivity contribution in [2.75, 3.05) is 13.1 Å². The van der Waals surface area contributed by atoms with Crippen molar-refractivity contribution in [2.45, 2.75) is 51.0 Å². The molecule has 23 heavy (non-hydrogen) atoms. The first-order valence-electron chi connectivity index (χ1n) is 8.66. The molecule has 1 heterocycles. The van der Waals surface area contributed by atoms with Crippen molar-refractivity contribution < 1.29 is 9.32 Å². The van der Waals surface area contributed by atoms with Gasteiger partial charge in [-0.25, -0.2) is 0 Å². The van der Waals surface area contributed by atoms with Gasteiger partial charge in [0, 0.05) is 24.5 Å². The van der Waals surface area contributed by atoms with Crippen LogP contribution in [0.25, 0.3) is 11.0 Å². The second kappa shape index (κ2) is 8.11. The Bertz CT molecular complexity index is 630. The van der Waals surface area contributed by atoms with Gasteiger partial charge in [0.05, 0.1) is 6.42 Å². The summed E-state index contributed by atoms with van der Waals surface area (Å²) in [7, 11) is 0. The van der Waals surface area contributed by atoms with Crippen molar-refractivity contribution in [3.63, 3.8) is 0 Å². The van der Waals surface area contributed by atoms with Crippen LogP contribution in [0.15, 0.2) is 28.8 Å². The van der Waals surface area contributed by atoms with Crippen molar-refractivity contribution in [1.29, 1.82) is 0 Å². The summed E-state index contributed by atoms with van der Waals surface area (Å²) in [6, 6.07) is 8.24. The standard InChI is InChI=1S/C18H25N3O2/c22-18(13-16-15-9-5-6-10-17(15)23-21-16)20-12-11-19-14-7-3-1-2-4-8-14/h5-6,9-10,14,19H,1-4,7-8,11-13H2,(H,20,22). The van der Waals surface area contributed by atoms with Crippen LogP contribution < -0.4 is 10.6 Å². The molecule has 1 aliphatic carbocycles. The summed E-state index contributed by atoms with van der Waals surface area (Å²) in [5.74, 6) is -0.00767. The van der Waals surface area contributed by atoms with Gasteiger partial charge in [0.2, 0.25) is 5.91 Å². The molecule has 2 aromatic rings. The quantitative estimate of drug-likeness (QED) is 0.635. The zero-order valence-corrected chi connectivity index (χ0v) is 13.5. The lowest BCUT2D eigenvalue weighted by molar-refractivity contribution is -0.120. The van der Waals surface area contributed by atoms with E-state index < -0.39 is 0 Å². The van der Waals surface area contributed by atoms with E-state index in [0.29, 0.717) is 18.3 Å². The summed E-state index contributed by atoms with van der Waals surface area (Å²) in [5, 5.41) is 11.4. The normalized spacial score (nSPS) is 16.3. The van der Waals surface area contributed by atoms with Gasteiger partial charge in [0.1, 0.15) is 5.69 Å². The molecular formula is C18H25N3O2. The fraction of sp³-hybridized carbons (Fsp3) is 0.556. The maximum atomic E-state index is 12.0. The maximum Gasteiger partial charge on any atom is 0.226 e. The van der Waals surface area contributed by atoms with E-state index in [9.17, 15) is 4.79 Å². The lowest BCUT2D eigenvalue weighted by Crippen LogP contribution is -2.37. The molecule has 2 N–H and O–H groups in total. The number of aromatic nitrogens is 1. The molecule has 5 heteroatoms. The Morgan fingerprint density at radius 1 is 1.13 bits per heavy atom. The molecule has 0 saturated heterocycles.